The number of benzene rings is 2. The SMILES string of the molecule is Cc1cc(NC(=O)N[C@@H]2c3cc(F)c(F)cc3C(C)(C)C[C@H]2O)c(-c2ccccc2)nc1-c1ccnc(CO)c1.[B-].[Na+]. The average molecular weight is 578 g/mol. The van der Waals surface area contributed by atoms with Crippen molar-refractivity contribution >= 4 is 20.1 Å². The van der Waals surface area contributed by atoms with Crippen LogP contribution in [0.2, 0.25) is 0 Å². The molecule has 0 aliphatic heterocycles. The topological polar surface area (TPSA) is 107 Å². The van der Waals surface area contributed by atoms with E-state index in [1.165, 1.54) is 0 Å². The van der Waals surface area contributed by atoms with Gasteiger partial charge in [0.1, 0.15) is 0 Å². The summed E-state index contributed by atoms with van der Waals surface area (Å²) >= 11 is 0. The summed E-state index contributed by atoms with van der Waals surface area (Å²) < 4.78 is 28.3. The molecule has 1 aliphatic rings. The summed E-state index contributed by atoms with van der Waals surface area (Å²) in [4.78, 5) is 22.3. The number of aliphatic hydroxyl groups is 2. The third-order valence-electron chi connectivity index (χ3n) is 7.31. The Hall–Kier alpha value is -3.15. The average Bonchev–Trinajstić information content (AvgIpc) is 2.92. The molecule has 1 aliphatic carbocycles. The van der Waals surface area contributed by atoms with Gasteiger partial charge in [-0.15, -0.1) is 0 Å². The van der Waals surface area contributed by atoms with E-state index in [0.29, 0.717) is 33.9 Å². The number of aryl methyl sites for hydroxylation is 1. The molecule has 11 heteroatoms. The van der Waals surface area contributed by atoms with Crippen molar-refractivity contribution in [3.8, 4) is 22.5 Å². The van der Waals surface area contributed by atoms with Gasteiger partial charge >= 0.3 is 35.6 Å². The van der Waals surface area contributed by atoms with Gasteiger partial charge in [0.15, 0.2) is 11.6 Å². The Balaban J connectivity index is 0.00000242. The van der Waals surface area contributed by atoms with Gasteiger partial charge in [-0.05, 0) is 65.8 Å². The molecule has 2 atom stereocenters. The second-order valence-corrected chi connectivity index (χ2v) is 10.7. The zero-order valence-electron chi connectivity index (χ0n) is 24.0. The molecule has 2 heterocycles. The molecular formula is C31H30BF2N4NaO3. The molecule has 2 aromatic heterocycles. The van der Waals surface area contributed by atoms with E-state index in [-0.39, 0.29) is 51.0 Å². The number of amides is 2. The maximum Gasteiger partial charge on any atom is 1.00 e. The molecule has 4 radical (unpaired) electrons. The molecule has 4 N–H and O–H groups in total. The van der Waals surface area contributed by atoms with Crippen molar-refractivity contribution in [1.82, 2.24) is 15.3 Å². The maximum atomic E-state index is 14.2. The van der Waals surface area contributed by atoms with E-state index in [9.17, 15) is 23.8 Å². The number of carbonyl (C=O) groups excluding carboxylic acids is 1. The molecule has 0 bridgehead atoms. The molecular weight excluding hydrogens is 548 g/mol. The van der Waals surface area contributed by atoms with Crippen LogP contribution >= 0.6 is 0 Å². The first-order valence-corrected chi connectivity index (χ1v) is 13.0. The number of halogens is 2. The van der Waals surface area contributed by atoms with Gasteiger partial charge in [0, 0.05) is 17.3 Å². The summed E-state index contributed by atoms with van der Waals surface area (Å²) in [6, 6.07) is 15.3. The van der Waals surface area contributed by atoms with E-state index in [0.717, 1.165) is 28.8 Å². The number of urea groups is 1. The van der Waals surface area contributed by atoms with E-state index in [1.54, 1.807) is 24.4 Å². The summed E-state index contributed by atoms with van der Waals surface area (Å²) in [6.45, 7) is 5.34. The van der Waals surface area contributed by atoms with Crippen LogP contribution in [0, 0.1) is 18.6 Å². The smallest absolute Gasteiger partial charge is 1.00 e. The van der Waals surface area contributed by atoms with E-state index in [4.69, 9.17) is 4.98 Å². The maximum absolute atomic E-state index is 14.2. The Kier molecular flexibility index (Phi) is 10.7. The number of nitrogens with zero attached hydrogens (tertiary/aromatic N) is 2. The van der Waals surface area contributed by atoms with Crippen molar-refractivity contribution in [1.29, 1.82) is 0 Å². The van der Waals surface area contributed by atoms with Crippen LogP contribution in [0.4, 0.5) is 19.3 Å². The number of aromatic nitrogens is 2. The van der Waals surface area contributed by atoms with Crippen LogP contribution in [0.5, 0.6) is 0 Å². The minimum absolute atomic E-state index is 0. The summed E-state index contributed by atoms with van der Waals surface area (Å²) in [5, 5.41) is 26.1. The standard InChI is InChI=1S/C31H30F2N4O3.B.Na/c1-17-11-25(28(18-7-5-4-6-8-18)36-27(17)19-9-10-34-20(12-19)16-38)35-30(40)37-29-21-13-23(32)24(33)14-22(21)31(2,3)15-26(29)39;;/h4-14,26,29,38-39H,15-16H2,1-3H3,(H2,35,37,40);;/q;-1;+1/t26-,29-;;/m1../s1. The predicted molar refractivity (Wildman–Crippen MR) is 154 cm³/mol. The number of fused-ring (bicyclic) bond motifs is 1. The fourth-order valence-electron chi connectivity index (χ4n) is 5.37. The monoisotopic (exact) mass is 578 g/mol. The molecule has 5 rings (SSSR count). The van der Waals surface area contributed by atoms with E-state index in [2.05, 4.69) is 15.6 Å². The Labute approximate surface area is 267 Å². The van der Waals surface area contributed by atoms with Gasteiger partial charge in [-0.1, -0.05) is 44.2 Å². The largest absolute Gasteiger partial charge is 1.00 e. The number of rotatable bonds is 5. The number of hydrogen-bond acceptors (Lipinski definition) is 5. The van der Waals surface area contributed by atoms with Crippen molar-refractivity contribution < 1.29 is 53.3 Å². The number of aliphatic hydroxyl groups excluding tert-OH is 2. The van der Waals surface area contributed by atoms with Crippen molar-refractivity contribution in [3.63, 3.8) is 0 Å². The van der Waals surface area contributed by atoms with Crippen LogP contribution in [0.3, 0.4) is 0 Å². The van der Waals surface area contributed by atoms with Gasteiger partial charge in [-0.2, -0.15) is 0 Å². The predicted octanol–water partition coefficient (Wildman–Crippen LogP) is 2.42. The summed E-state index contributed by atoms with van der Waals surface area (Å²) in [5.74, 6) is -2.01. The molecule has 0 spiro atoms. The normalized spacial score (nSPS) is 16.8. The molecule has 2 aromatic carbocycles. The van der Waals surface area contributed by atoms with E-state index >= 15 is 0 Å². The third kappa shape index (κ3) is 6.74. The molecule has 2 amide bonds. The second kappa shape index (κ2) is 13.4. The zero-order chi connectivity index (χ0) is 28.6. The van der Waals surface area contributed by atoms with E-state index in [1.807, 2.05) is 51.1 Å². The van der Waals surface area contributed by atoms with Gasteiger partial charge < -0.3 is 29.3 Å². The quantitative estimate of drug-likeness (QED) is 0.273. The molecule has 0 saturated heterocycles. The first-order valence-electron chi connectivity index (χ1n) is 13.0. The third-order valence-corrected chi connectivity index (χ3v) is 7.31. The van der Waals surface area contributed by atoms with Crippen LogP contribution in [0.1, 0.15) is 48.7 Å². The fraction of sp³-hybridized carbons (Fsp3) is 0.258. The van der Waals surface area contributed by atoms with Gasteiger partial charge in [-0.25, -0.2) is 18.6 Å². The second-order valence-electron chi connectivity index (χ2n) is 10.7. The molecule has 210 valence electrons. The number of anilines is 1. The molecule has 0 unspecified atom stereocenters. The van der Waals surface area contributed by atoms with Crippen LogP contribution in [0.25, 0.3) is 22.5 Å². The van der Waals surface area contributed by atoms with Crippen molar-refractivity contribution in [3.05, 3.63) is 101 Å². The van der Waals surface area contributed by atoms with E-state index < -0.39 is 35.2 Å². The number of nitrogens with one attached hydrogen (secondary N) is 2. The molecule has 7 nitrogen and oxygen atoms in total. The van der Waals surface area contributed by atoms with Crippen LogP contribution in [0.15, 0.2) is 66.9 Å². The van der Waals surface area contributed by atoms with Crippen molar-refractivity contribution in [2.24, 2.45) is 0 Å². The molecule has 4 aromatic rings. The van der Waals surface area contributed by atoms with Gasteiger partial charge in [-0.3, -0.25) is 4.98 Å². The zero-order valence-corrected chi connectivity index (χ0v) is 26.0. The summed E-state index contributed by atoms with van der Waals surface area (Å²) in [6.07, 6.45) is 0.844. The Bertz CT molecular complexity index is 1590. The van der Waals surface area contributed by atoms with Crippen LogP contribution in [-0.2, 0) is 12.0 Å². The number of pyridine rings is 2. The Morgan fingerprint density at radius 1 is 1.02 bits per heavy atom. The van der Waals surface area contributed by atoms with Crippen LogP contribution < -0.4 is 40.2 Å². The van der Waals surface area contributed by atoms with Crippen LogP contribution in [-0.4, -0.2) is 40.7 Å². The van der Waals surface area contributed by atoms with Gasteiger partial charge in [0.25, 0.3) is 0 Å². The molecule has 0 fully saturated rings. The number of hydrogen-bond donors (Lipinski definition) is 4. The first-order chi connectivity index (χ1) is 19.1. The number of carbonyl (C=O) groups is 1. The summed E-state index contributed by atoms with van der Waals surface area (Å²) in [5.41, 5.74) is 4.67. The van der Waals surface area contributed by atoms with Gasteiger partial charge in [0.05, 0.1) is 41.5 Å². The van der Waals surface area contributed by atoms with Gasteiger partial charge in [0.2, 0.25) is 0 Å². The fourth-order valence-corrected chi connectivity index (χ4v) is 5.37. The molecule has 0 saturated carbocycles. The minimum Gasteiger partial charge on any atom is -1.00 e. The first kappa shape index (κ1) is 33.4. The summed E-state index contributed by atoms with van der Waals surface area (Å²) in [7, 11) is 0. The van der Waals surface area contributed by atoms with Crippen molar-refractivity contribution in [2.45, 2.75) is 51.4 Å². The minimum atomic E-state index is -1.04. The molecule has 42 heavy (non-hydrogen) atoms. The Morgan fingerprint density at radius 3 is 2.40 bits per heavy atom. The Morgan fingerprint density at radius 2 is 1.71 bits per heavy atom. The van der Waals surface area contributed by atoms with Crippen molar-refractivity contribution in [2.75, 3.05) is 5.32 Å².